The minimum absolute atomic E-state index is 0.148. The molecule has 1 atom stereocenters. The Morgan fingerprint density at radius 3 is 2.50 bits per heavy atom. The molecule has 28 heavy (non-hydrogen) atoms. The number of nitrogens with two attached hydrogens (primary N) is 1. The summed E-state index contributed by atoms with van der Waals surface area (Å²) < 4.78 is 0. The first-order chi connectivity index (χ1) is 13.6. The Hall–Kier alpha value is -3.67. The topological polar surface area (TPSA) is 79.5 Å². The number of fused-ring (bicyclic) bond motifs is 1. The summed E-state index contributed by atoms with van der Waals surface area (Å²) in [6.45, 7) is 2.43. The summed E-state index contributed by atoms with van der Waals surface area (Å²) in [4.78, 5) is 33.2. The van der Waals surface area contributed by atoms with Crippen molar-refractivity contribution in [2.75, 3.05) is 4.90 Å². The highest BCUT2D eigenvalue weighted by atomic mass is 16.2. The third kappa shape index (κ3) is 2.99. The van der Waals surface area contributed by atoms with E-state index in [1.165, 1.54) is 4.90 Å². The summed E-state index contributed by atoms with van der Waals surface area (Å²) in [5.41, 5.74) is 8.22. The molecule has 3 amide bonds. The fraction of sp³-hybridized carbons (Fsp3) is 0.136. The van der Waals surface area contributed by atoms with Gasteiger partial charge in [0.1, 0.15) is 5.82 Å². The molecule has 3 aromatic rings. The molecule has 0 aliphatic carbocycles. The molecule has 4 rings (SSSR count). The Kier molecular flexibility index (Phi) is 4.53. The number of amides is 3. The minimum Gasteiger partial charge on any atom is -0.366 e. The SMILES string of the molecule is CC(c1ccccc1)N1Cc2cccnc2N(c2ccccc2C(N)=O)C1=O. The third-order valence-electron chi connectivity index (χ3n) is 5.02. The van der Waals surface area contributed by atoms with E-state index >= 15 is 0 Å². The van der Waals surface area contributed by atoms with Gasteiger partial charge < -0.3 is 10.6 Å². The molecular weight excluding hydrogens is 352 g/mol. The van der Waals surface area contributed by atoms with Crippen LogP contribution in [0.15, 0.2) is 72.9 Å². The Morgan fingerprint density at radius 2 is 1.75 bits per heavy atom. The van der Waals surface area contributed by atoms with Crippen LogP contribution in [0.2, 0.25) is 0 Å². The van der Waals surface area contributed by atoms with E-state index in [0.29, 0.717) is 18.1 Å². The number of carbonyl (C=O) groups is 2. The molecule has 2 aromatic carbocycles. The number of hydrogen-bond donors (Lipinski definition) is 1. The highest BCUT2D eigenvalue weighted by molar-refractivity contribution is 6.08. The second kappa shape index (κ2) is 7.15. The van der Waals surface area contributed by atoms with E-state index in [9.17, 15) is 9.59 Å². The van der Waals surface area contributed by atoms with Gasteiger partial charge in [-0.3, -0.25) is 4.79 Å². The maximum atomic E-state index is 13.5. The van der Waals surface area contributed by atoms with E-state index in [1.807, 2.05) is 49.4 Å². The number of para-hydroxylation sites is 1. The van der Waals surface area contributed by atoms with E-state index in [0.717, 1.165) is 11.1 Å². The fourth-order valence-electron chi connectivity index (χ4n) is 3.53. The zero-order valence-electron chi connectivity index (χ0n) is 15.4. The summed E-state index contributed by atoms with van der Waals surface area (Å²) in [6, 6.07) is 20.1. The Labute approximate surface area is 163 Å². The van der Waals surface area contributed by atoms with Crippen molar-refractivity contribution >= 4 is 23.4 Å². The van der Waals surface area contributed by atoms with Crippen LogP contribution in [0.5, 0.6) is 0 Å². The quantitative estimate of drug-likeness (QED) is 0.751. The Morgan fingerprint density at radius 1 is 1.04 bits per heavy atom. The van der Waals surface area contributed by atoms with Gasteiger partial charge in [0.15, 0.2) is 0 Å². The molecule has 1 unspecified atom stereocenters. The first-order valence-electron chi connectivity index (χ1n) is 9.06. The van der Waals surface area contributed by atoms with Crippen LogP contribution in [0.4, 0.5) is 16.3 Å². The number of pyridine rings is 1. The van der Waals surface area contributed by atoms with Crippen molar-refractivity contribution in [1.82, 2.24) is 9.88 Å². The normalized spacial score (nSPS) is 14.5. The number of carbonyl (C=O) groups excluding carboxylic acids is 2. The number of urea groups is 1. The van der Waals surface area contributed by atoms with Gasteiger partial charge in [-0.05, 0) is 30.7 Å². The number of rotatable bonds is 4. The number of benzene rings is 2. The standard InChI is InChI=1S/C22H20N4O2/c1-15(16-8-3-2-4-9-16)25-14-17-10-7-13-24-21(17)26(22(25)28)19-12-6-5-11-18(19)20(23)27/h2-13,15H,14H2,1H3,(H2,23,27). The predicted molar refractivity (Wildman–Crippen MR) is 107 cm³/mol. The minimum atomic E-state index is -0.589. The average molecular weight is 372 g/mol. The van der Waals surface area contributed by atoms with Crippen molar-refractivity contribution < 1.29 is 9.59 Å². The van der Waals surface area contributed by atoms with E-state index in [-0.39, 0.29) is 17.6 Å². The van der Waals surface area contributed by atoms with Gasteiger partial charge in [0, 0.05) is 11.8 Å². The third-order valence-corrected chi connectivity index (χ3v) is 5.02. The highest BCUT2D eigenvalue weighted by Crippen LogP contribution is 2.38. The summed E-state index contributed by atoms with van der Waals surface area (Å²) in [5, 5.41) is 0. The summed E-state index contributed by atoms with van der Waals surface area (Å²) in [5.74, 6) is -0.0631. The van der Waals surface area contributed by atoms with Gasteiger partial charge >= 0.3 is 6.03 Å². The van der Waals surface area contributed by atoms with Crippen LogP contribution in [0.1, 0.15) is 34.5 Å². The molecule has 0 saturated carbocycles. The molecule has 6 nitrogen and oxygen atoms in total. The van der Waals surface area contributed by atoms with Crippen LogP contribution in [0.3, 0.4) is 0 Å². The molecule has 0 fully saturated rings. The number of aromatic nitrogens is 1. The number of anilines is 2. The Balaban J connectivity index is 1.84. The van der Waals surface area contributed by atoms with E-state index < -0.39 is 5.91 Å². The first-order valence-corrected chi connectivity index (χ1v) is 9.06. The van der Waals surface area contributed by atoms with E-state index in [1.54, 1.807) is 35.4 Å². The molecule has 2 heterocycles. The van der Waals surface area contributed by atoms with Crippen LogP contribution in [0, 0.1) is 0 Å². The van der Waals surface area contributed by atoms with Gasteiger partial charge in [0.05, 0.1) is 23.8 Å². The van der Waals surface area contributed by atoms with Crippen molar-refractivity contribution in [1.29, 1.82) is 0 Å². The van der Waals surface area contributed by atoms with Gasteiger partial charge in [-0.15, -0.1) is 0 Å². The van der Waals surface area contributed by atoms with E-state index in [4.69, 9.17) is 5.73 Å². The predicted octanol–water partition coefficient (Wildman–Crippen LogP) is 4.02. The maximum Gasteiger partial charge on any atom is 0.331 e. The summed E-state index contributed by atoms with van der Waals surface area (Å²) in [6.07, 6.45) is 1.64. The smallest absolute Gasteiger partial charge is 0.331 e. The maximum absolute atomic E-state index is 13.5. The van der Waals surface area contributed by atoms with Crippen molar-refractivity contribution in [3.8, 4) is 0 Å². The molecule has 0 radical (unpaired) electrons. The van der Waals surface area contributed by atoms with Crippen LogP contribution < -0.4 is 10.6 Å². The summed E-state index contributed by atoms with van der Waals surface area (Å²) >= 11 is 0. The van der Waals surface area contributed by atoms with Gasteiger partial charge in [-0.2, -0.15) is 0 Å². The lowest BCUT2D eigenvalue weighted by Gasteiger charge is -2.39. The van der Waals surface area contributed by atoms with Crippen LogP contribution in [0.25, 0.3) is 0 Å². The van der Waals surface area contributed by atoms with Crippen molar-refractivity contribution in [3.05, 3.63) is 89.6 Å². The molecule has 140 valence electrons. The molecule has 1 aliphatic heterocycles. The average Bonchev–Trinajstić information content (AvgIpc) is 2.73. The molecule has 1 aliphatic rings. The zero-order valence-corrected chi connectivity index (χ0v) is 15.4. The van der Waals surface area contributed by atoms with Crippen molar-refractivity contribution in [3.63, 3.8) is 0 Å². The van der Waals surface area contributed by atoms with E-state index in [2.05, 4.69) is 4.98 Å². The lowest BCUT2D eigenvalue weighted by molar-refractivity contribution is 0.100. The molecule has 6 heteroatoms. The Bertz CT molecular complexity index is 1040. The fourth-order valence-corrected chi connectivity index (χ4v) is 3.53. The van der Waals surface area contributed by atoms with Gasteiger partial charge in [0.25, 0.3) is 5.91 Å². The zero-order chi connectivity index (χ0) is 19.7. The van der Waals surface area contributed by atoms with Crippen LogP contribution in [-0.4, -0.2) is 21.8 Å². The number of hydrogen-bond acceptors (Lipinski definition) is 3. The van der Waals surface area contributed by atoms with Crippen LogP contribution in [-0.2, 0) is 6.54 Å². The van der Waals surface area contributed by atoms with Crippen LogP contribution >= 0.6 is 0 Å². The van der Waals surface area contributed by atoms with Gasteiger partial charge in [-0.25, -0.2) is 14.7 Å². The molecule has 2 N–H and O–H groups in total. The summed E-state index contributed by atoms with van der Waals surface area (Å²) in [7, 11) is 0. The number of nitrogens with zero attached hydrogens (tertiary/aromatic N) is 3. The lowest BCUT2D eigenvalue weighted by Crippen LogP contribution is -2.46. The molecular formula is C22H20N4O2. The largest absolute Gasteiger partial charge is 0.366 e. The second-order valence-electron chi connectivity index (χ2n) is 6.70. The molecule has 0 bridgehead atoms. The molecule has 0 spiro atoms. The number of primary amides is 1. The lowest BCUT2D eigenvalue weighted by atomic mass is 10.0. The van der Waals surface area contributed by atoms with Crippen molar-refractivity contribution in [2.24, 2.45) is 5.73 Å². The first kappa shape index (κ1) is 17.7. The highest BCUT2D eigenvalue weighted by Gasteiger charge is 2.36. The second-order valence-corrected chi connectivity index (χ2v) is 6.70. The van der Waals surface area contributed by atoms with Gasteiger partial charge in [-0.1, -0.05) is 48.5 Å². The van der Waals surface area contributed by atoms with Crippen molar-refractivity contribution in [2.45, 2.75) is 19.5 Å². The molecule has 1 aromatic heterocycles. The van der Waals surface area contributed by atoms with Gasteiger partial charge in [0.2, 0.25) is 0 Å². The molecule has 0 saturated heterocycles. The monoisotopic (exact) mass is 372 g/mol.